The molecule has 0 radical (unpaired) electrons. The fourth-order valence-electron chi connectivity index (χ4n) is 0.665. The van der Waals surface area contributed by atoms with Gasteiger partial charge in [-0.1, -0.05) is 13.8 Å². The van der Waals surface area contributed by atoms with Gasteiger partial charge in [-0.2, -0.15) is 0 Å². The van der Waals surface area contributed by atoms with Crippen molar-refractivity contribution in [3.8, 4) is 0 Å². The molecule has 0 saturated carbocycles. The molecule has 0 bridgehead atoms. The second kappa shape index (κ2) is 13.1. The molecule has 0 aromatic rings. The molecule has 0 saturated heterocycles. The summed E-state index contributed by atoms with van der Waals surface area (Å²) in [6, 6.07) is 0. The van der Waals surface area contributed by atoms with Crippen molar-refractivity contribution in [2.45, 2.75) is 26.7 Å². The summed E-state index contributed by atoms with van der Waals surface area (Å²) in [6.07, 6.45) is 3.78. The van der Waals surface area contributed by atoms with E-state index in [0.29, 0.717) is 0 Å². The average molecular weight is 173 g/mol. The number of hydrogen-bond acceptors (Lipinski definition) is 2. The second-order valence-corrected chi connectivity index (χ2v) is 3.09. The van der Waals surface area contributed by atoms with E-state index in [1.54, 1.807) is 0 Å². The van der Waals surface area contributed by atoms with Gasteiger partial charge in [0.2, 0.25) is 0 Å². The SMILES string of the molecule is CC(C)CCCN=CN.CNC. The quantitative estimate of drug-likeness (QED) is 0.382. The van der Waals surface area contributed by atoms with Crippen LogP contribution in [0.2, 0.25) is 0 Å². The Hall–Kier alpha value is -0.570. The molecule has 0 atom stereocenters. The second-order valence-electron chi connectivity index (χ2n) is 3.09. The molecule has 3 nitrogen and oxygen atoms in total. The lowest BCUT2D eigenvalue weighted by Gasteiger charge is -1.99. The van der Waals surface area contributed by atoms with Crippen molar-refractivity contribution in [1.29, 1.82) is 0 Å². The predicted octanol–water partition coefficient (Wildman–Crippen LogP) is 1.25. The highest BCUT2D eigenvalue weighted by atomic mass is 14.8. The third-order valence-corrected chi connectivity index (χ3v) is 1.17. The topological polar surface area (TPSA) is 50.4 Å². The first-order valence-electron chi connectivity index (χ1n) is 4.47. The molecule has 0 spiro atoms. The van der Waals surface area contributed by atoms with Gasteiger partial charge < -0.3 is 11.1 Å². The van der Waals surface area contributed by atoms with Crippen LogP contribution >= 0.6 is 0 Å². The minimum atomic E-state index is 0.790. The van der Waals surface area contributed by atoms with Crippen molar-refractivity contribution < 1.29 is 0 Å². The number of rotatable bonds is 4. The Labute approximate surface area is 76.4 Å². The lowest BCUT2D eigenvalue weighted by Crippen LogP contribution is -1.93. The molecule has 0 aliphatic carbocycles. The molecule has 0 fully saturated rings. The van der Waals surface area contributed by atoms with Gasteiger partial charge in [-0.15, -0.1) is 0 Å². The van der Waals surface area contributed by atoms with E-state index >= 15 is 0 Å². The highest BCUT2D eigenvalue weighted by molar-refractivity contribution is 5.50. The normalized spacial score (nSPS) is 10.1. The van der Waals surface area contributed by atoms with Gasteiger partial charge in [-0.25, -0.2) is 0 Å². The molecule has 12 heavy (non-hydrogen) atoms. The van der Waals surface area contributed by atoms with Gasteiger partial charge in [0.15, 0.2) is 0 Å². The lowest BCUT2D eigenvalue weighted by molar-refractivity contribution is 0.562. The van der Waals surface area contributed by atoms with Gasteiger partial charge in [0.05, 0.1) is 6.34 Å². The molecule has 74 valence electrons. The summed E-state index contributed by atoms with van der Waals surface area (Å²) in [5, 5.41) is 2.75. The Morgan fingerprint density at radius 1 is 1.42 bits per heavy atom. The van der Waals surface area contributed by atoms with Crippen LogP contribution in [-0.2, 0) is 0 Å². The lowest BCUT2D eigenvalue weighted by atomic mass is 10.1. The summed E-state index contributed by atoms with van der Waals surface area (Å²) >= 11 is 0. The van der Waals surface area contributed by atoms with Crippen molar-refractivity contribution in [1.82, 2.24) is 5.32 Å². The molecular weight excluding hydrogens is 150 g/mol. The third-order valence-electron chi connectivity index (χ3n) is 1.17. The summed E-state index contributed by atoms with van der Waals surface area (Å²) in [5.41, 5.74) is 5.05. The first kappa shape index (κ1) is 14.0. The van der Waals surface area contributed by atoms with Crippen LogP contribution in [0.15, 0.2) is 4.99 Å². The van der Waals surface area contributed by atoms with Crippen molar-refractivity contribution in [2.75, 3.05) is 20.6 Å². The van der Waals surface area contributed by atoms with E-state index in [-0.39, 0.29) is 0 Å². The molecule has 0 amide bonds. The molecule has 0 aromatic carbocycles. The van der Waals surface area contributed by atoms with E-state index < -0.39 is 0 Å². The van der Waals surface area contributed by atoms with E-state index in [2.05, 4.69) is 24.2 Å². The standard InChI is InChI=1S/C7H16N2.C2H7N/c1-7(2)4-3-5-9-6-8;1-3-2/h6-7H,3-5H2,1-2H3,(H2,8,9);3H,1-2H3. The Morgan fingerprint density at radius 2 is 1.92 bits per heavy atom. The average Bonchev–Trinajstić information content (AvgIpc) is 1.99. The van der Waals surface area contributed by atoms with Crippen LogP contribution in [0.3, 0.4) is 0 Å². The highest BCUT2D eigenvalue weighted by Crippen LogP contribution is 2.02. The summed E-state index contributed by atoms with van der Waals surface area (Å²) in [5.74, 6) is 0.790. The molecule has 0 aliphatic heterocycles. The number of nitrogens with zero attached hydrogens (tertiary/aromatic N) is 1. The Morgan fingerprint density at radius 3 is 2.25 bits per heavy atom. The van der Waals surface area contributed by atoms with Crippen LogP contribution in [0.25, 0.3) is 0 Å². The summed E-state index contributed by atoms with van der Waals surface area (Å²) in [6.45, 7) is 5.31. The zero-order valence-electron chi connectivity index (χ0n) is 8.80. The molecule has 0 aliphatic rings. The summed E-state index contributed by atoms with van der Waals surface area (Å²) < 4.78 is 0. The summed E-state index contributed by atoms with van der Waals surface area (Å²) in [4.78, 5) is 3.90. The Balaban J connectivity index is 0. The van der Waals surface area contributed by atoms with Crippen molar-refractivity contribution in [3.63, 3.8) is 0 Å². The number of hydrogen-bond donors (Lipinski definition) is 2. The van der Waals surface area contributed by atoms with E-state index in [0.717, 1.165) is 18.9 Å². The Kier molecular flexibility index (Phi) is 15.2. The third kappa shape index (κ3) is 22.7. The Bertz CT molecular complexity index is 89.8. The molecule has 0 unspecified atom stereocenters. The molecule has 3 N–H and O–H groups in total. The van der Waals surface area contributed by atoms with Crippen molar-refractivity contribution in [2.24, 2.45) is 16.6 Å². The fourth-order valence-corrected chi connectivity index (χ4v) is 0.665. The van der Waals surface area contributed by atoms with Gasteiger partial charge in [-0.3, -0.25) is 4.99 Å². The smallest absolute Gasteiger partial charge is 0.0797 e. The zero-order valence-corrected chi connectivity index (χ0v) is 8.80. The predicted molar refractivity (Wildman–Crippen MR) is 56.6 cm³/mol. The van der Waals surface area contributed by atoms with Gasteiger partial charge in [0.1, 0.15) is 0 Å². The van der Waals surface area contributed by atoms with Crippen LogP contribution in [0.5, 0.6) is 0 Å². The van der Waals surface area contributed by atoms with Crippen LogP contribution in [0, 0.1) is 5.92 Å². The summed E-state index contributed by atoms with van der Waals surface area (Å²) in [7, 11) is 3.75. The first-order valence-corrected chi connectivity index (χ1v) is 4.47. The van der Waals surface area contributed by atoms with Crippen LogP contribution in [0.1, 0.15) is 26.7 Å². The van der Waals surface area contributed by atoms with Gasteiger partial charge in [-0.05, 0) is 32.9 Å². The number of nitrogens with two attached hydrogens (primary N) is 1. The highest BCUT2D eigenvalue weighted by Gasteiger charge is 1.90. The van der Waals surface area contributed by atoms with Gasteiger partial charge >= 0.3 is 0 Å². The van der Waals surface area contributed by atoms with E-state index in [1.165, 1.54) is 12.8 Å². The van der Waals surface area contributed by atoms with Crippen LogP contribution in [-0.4, -0.2) is 27.0 Å². The van der Waals surface area contributed by atoms with Crippen LogP contribution < -0.4 is 11.1 Å². The first-order chi connectivity index (χ1) is 5.68. The van der Waals surface area contributed by atoms with E-state index in [1.807, 2.05) is 14.1 Å². The number of aliphatic imine (C=N–C) groups is 1. The van der Waals surface area contributed by atoms with Crippen LogP contribution in [0.4, 0.5) is 0 Å². The number of nitrogens with one attached hydrogen (secondary N) is 1. The fraction of sp³-hybridized carbons (Fsp3) is 0.889. The monoisotopic (exact) mass is 173 g/mol. The van der Waals surface area contributed by atoms with Gasteiger partial charge in [0.25, 0.3) is 0 Å². The van der Waals surface area contributed by atoms with Crippen molar-refractivity contribution >= 4 is 6.34 Å². The zero-order chi connectivity index (χ0) is 9.82. The van der Waals surface area contributed by atoms with Crippen molar-refractivity contribution in [3.05, 3.63) is 0 Å². The molecular formula is C9H23N3. The molecule has 3 heteroatoms. The van der Waals surface area contributed by atoms with E-state index in [4.69, 9.17) is 5.73 Å². The largest absolute Gasteiger partial charge is 0.390 e. The maximum atomic E-state index is 5.05. The minimum absolute atomic E-state index is 0.790. The van der Waals surface area contributed by atoms with Gasteiger partial charge in [0, 0.05) is 6.54 Å². The van der Waals surface area contributed by atoms with E-state index in [9.17, 15) is 0 Å². The maximum absolute atomic E-state index is 5.05. The molecule has 0 rings (SSSR count). The minimum Gasteiger partial charge on any atom is -0.390 e. The molecule has 0 aromatic heterocycles. The molecule has 0 heterocycles. The maximum Gasteiger partial charge on any atom is 0.0797 e.